The fraction of sp³-hybridized carbons (Fsp3) is 0.625. The molecule has 1 fully saturated rings. The summed E-state index contributed by atoms with van der Waals surface area (Å²) in [5, 5.41) is 3.47. The summed E-state index contributed by atoms with van der Waals surface area (Å²) >= 11 is 0. The molecule has 0 aliphatic carbocycles. The maximum absolute atomic E-state index is 11.7. The largest absolute Gasteiger partial charge is 0.497 e. The SMILES string of the molecule is COc1ccc(C[C@@H](C)NC[C@H]2CCCN2S(C)(=O)=O)cc1. The maximum atomic E-state index is 11.7. The van der Waals surface area contributed by atoms with Gasteiger partial charge in [-0.15, -0.1) is 0 Å². The number of hydrogen-bond acceptors (Lipinski definition) is 4. The molecule has 124 valence electrons. The van der Waals surface area contributed by atoms with Gasteiger partial charge in [0.25, 0.3) is 0 Å². The fourth-order valence-electron chi connectivity index (χ4n) is 2.97. The molecule has 2 rings (SSSR count). The summed E-state index contributed by atoms with van der Waals surface area (Å²) < 4.78 is 30.2. The molecule has 22 heavy (non-hydrogen) atoms. The Morgan fingerprint density at radius 2 is 2.05 bits per heavy atom. The average molecular weight is 326 g/mol. The molecular weight excluding hydrogens is 300 g/mol. The molecule has 0 saturated carbocycles. The number of methoxy groups -OCH3 is 1. The van der Waals surface area contributed by atoms with Crippen molar-refractivity contribution in [3.05, 3.63) is 29.8 Å². The second kappa shape index (κ2) is 7.44. The van der Waals surface area contributed by atoms with Gasteiger partial charge in [0, 0.05) is 25.2 Å². The first kappa shape index (κ1) is 17.2. The number of rotatable bonds is 7. The van der Waals surface area contributed by atoms with E-state index in [0.29, 0.717) is 19.1 Å². The van der Waals surface area contributed by atoms with Crippen molar-refractivity contribution in [2.24, 2.45) is 0 Å². The first-order valence-electron chi connectivity index (χ1n) is 7.73. The lowest BCUT2D eigenvalue weighted by molar-refractivity contribution is 0.361. The van der Waals surface area contributed by atoms with E-state index in [1.807, 2.05) is 12.1 Å². The zero-order valence-corrected chi connectivity index (χ0v) is 14.4. The van der Waals surface area contributed by atoms with E-state index >= 15 is 0 Å². The van der Waals surface area contributed by atoms with Crippen LogP contribution in [0.25, 0.3) is 0 Å². The van der Waals surface area contributed by atoms with Gasteiger partial charge < -0.3 is 10.1 Å². The van der Waals surface area contributed by atoms with Crippen LogP contribution in [-0.2, 0) is 16.4 Å². The summed E-state index contributed by atoms with van der Waals surface area (Å²) in [6.07, 6.45) is 4.10. The molecule has 0 bridgehead atoms. The van der Waals surface area contributed by atoms with Crippen LogP contribution in [0.5, 0.6) is 5.75 Å². The van der Waals surface area contributed by atoms with Gasteiger partial charge in [0.05, 0.1) is 13.4 Å². The van der Waals surface area contributed by atoms with Gasteiger partial charge in [-0.25, -0.2) is 8.42 Å². The molecule has 0 radical (unpaired) electrons. The molecule has 1 saturated heterocycles. The summed E-state index contributed by atoms with van der Waals surface area (Å²) in [5.41, 5.74) is 1.24. The smallest absolute Gasteiger partial charge is 0.211 e. The summed E-state index contributed by atoms with van der Waals surface area (Å²) in [6.45, 7) is 3.49. The number of hydrogen-bond donors (Lipinski definition) is 1. The van der Waals surface area contributed by atoms with Crippen LogP contribution < -0.4 is 10.1 Å². The highest BCUT2D eigenvalue weighted by atomic mass is 32.2. The third-order valence-electron chi connectivity index (χ3n) is 4.15. The first-order chi connectivity index (χ1) is 10.4. The number of nitrogens with one attached hydrogen (secondary N) is 1. The molecule has 1 N–H and O–H groups in total. The Morgan fingerprint density at radius 1 is 1.36 bits per heavy atom. The normalized spacial score (nSPS) is 21.0. The Labute approximate surface area is 133 Å². The summed E-state index contributed by atoms with van der Waals surface area (Å²) in [7, 11) is -1.43. The zero-order chi connectivity index (χ0) is 16.2. The highest BCUT2D eigenvalue weighted by Crippen LogP contribution is 2.20. The van der Waals surface area contributed by atoms with Gasteiger partial charge >= 0.3 is 0 Å². The van der Waals surface area contributed by atoms with Crippen LogP contribution in [0.3, 0.4) is 0 Å². The van der Waals surface area contributed by atoms with Crippen LogP contribution in [0.15, 0.2) is 24.3 Å². The highest BCUT2D eigenvalue weighted by molar-refractivity contribution is 7.88. The van der Waals surface area contributed by atoms with Gasteiger partial charge in [-0.1, -0.05) is 12.1 Å². The minimum Gasteiger partial charge on any atom is -0.497 e. The van der Waals surface area contributed by atoms with Gasteiger partial charge in [-0.2, -0.15) is 4.31 Å². The number of sulfonamides is 1. The third kappa shape index (κ3) is 4.69. The van der Waals surface area contributed by atoms with Crippen molar-refractivity contribution in [2.75, 3.05) is 26.5 Å². The summed E-state index contributed by atoms with van der Waals surface area (Å²) in [4.78, 5) is 0. The fourth-order valence-corrected chi connectivity index (χ4v) is 4.16. The van der Waals surface area contributed by atoms with E-state index in [1.165, 1.54) is 11.8 Å². The minimum atomic E-state index is -3.09. The van der Waals surface area contributed by atoms with Crippen LogP contribution in [-0.4, -0.2) is 51.3 Å². The van der Waals surface area contributed by atoms with E-state index < -0.39 is 10.0 Å². The van der Waals surface area contributed by atoms with Crippen molar-refractivity contribution in [3.8, 4) is 5.75 Å². The highest BCUT2D eigenvalue weighted by Gasteiger charge is 2.31. The molecule has 0 spiro atoms. The molecule has 0 aromatic heterocycles. The molecule has 2 atom stereocenters. The molecule has 1 aromatic rings. The second-order valence-electron chi connectivity index (χ2n) is 6.03. The lowest BCUT2D eigenvalue weighted by Crippen LogP contribution is -2.43. The number of nitrogens with zero attached hydrogens (tertiary/aromatic N) is 1. The van der Waals surface area contributed by atoms with Crippen molar-refractivity contribution in [1.82, 2.24) is 9.62 Å². The Bertz CT molecular complexity index is 572. The quantitative estimate of drug-likeness (QED) is 0.827. The Morgan fingerprint density at radius 3 is 2.64 bits per heavy atom. The number of benzene rings is 1. The molecule has 0 amide bonds. The molecule has 1 aromatic carbocycles. The molecule has 5 nitrogen and oxygen atoms in total. The topological polar surface area (TPSA) is 58.6 Å². The molecule has 0 unspecified atom stereocenters. The van der Waals surface area contributed by atoms with Crippen molar-refractivity contribution in [1.29, 1.82) is 0 Å². The Hall–Kier alpha value is -1.11. The second-order valence-corrected chi connectivity index (χ2v) is 7.97. The van der Waals surface area contributed by atoms with Crippen molar-refractivity contribution in [3.63, 3.8) is 0 Å². The lowest BCUT2D eigenvalue weighted by Gasteiger charge is -2.24. The predicted molar refractivity (Wildman–Crippen MR) is 88.7 cm³/mol. The minimum absolute atomic E-state index is 0.0910. The zero-order valence-electron chi connectivity index (χ0n) is 13.6. The van der Waals surface area contributed by atoms with Crippen LogP contribution in [0.4, 0.5) is 0 Å². The van der Waals surface area contributed by atoms with Gasteiger partial charge in [-0.3, -0.25) is 0 Å². The van der Waals surface area contributed by atoms with Gasteiger partial charge in [0.15, 0.2) is 0 Å². The Balaban J connectivity index is 1.83. The predicted octanol–water partition coefficient (Wildman–Crippen LogP) is 1.64. The number of ether oxygens (including phenoxy) is 1. The van der Waals surface area contributed by atoms with E-state index in [9.17, 15) is 8.42 Å². The summed E-state index contributed by atoms with van der Waals surface area (Å²) in [6, 6.07) is 8.45. The van der Waals surface area contributed by atoms with Gasteiger partial charge in [-0.05, 0) is 43.9 Å². The van der Waals surface area contributed by atoms with Crippen LogP contribution in [0, 0.1) is 0 Å². The van der Waals surface area contributed by atoms with Crippen molar-refractivity contribution in [2.45, 2.75) is 38.3 Å². The first-order valence-corrected chi connectivity index (χ1v) is 9.58. The van der Waals surface area contributed by atoms with Gasteiger partial charge in [0.2, 0.25) is 10.0 Å². The standard InChI is InChI=1S/C16H26N2O3S/c1-13(11-14-6-8-16(21-2)9-7-14)17-12-15-5-4-10-18(15)22(3,19)20/h6-9,13,15,17H,4-5,10-12H2,1-3H3/t13-,15-/m1/s1. The van der Waals surface area contributed by atoms with E-state index in [1.54, 1.807) is 11.4 Å². The van der Waals surface area contributed by atoms with Gasteiger partial charge in [0.1, 0.15) is 5.75 Å². The average Bonchev–Trinajstić information content (AvgIpc) is 2.94. The van der Waals surface area contributed by atoms with E-state index in [2.05, 4.69) is 24.4 Å². The van der Waals surface area contributed by atoms with E-state index in [4.69, 9.17) is 4.74 Å². The van der Waals surface area contributed by atoms with Crippen LogP contribution in [0.2, 0.25) is 0 Å². The van der Waals surface area contributed by atoms with Crippen LogP contribution in [0.1, 0.15) is 25.3 Å². The van der Waals surface area contributed by atoms with Crippen molar-refractivity contribution < 1.29 is 13.2 Å². The molecule has 6 heteroatoms. The van der Waals surface area contributed by atoms with Crippen molar-refractivity contribution >= 4 is 10.0 Å². The molecular formula is C16H26N2O3S. The van der Waals surface area contributed by atoms with E-state index in [-0.39, 0.29) is 6.04 Å². The maximum Gasteiger partial charge on any atom is 0.211 e. The Kier molecular flexibility index (Phi) is 5.83. The lowest BCUT2D eigenvalue weighted by atomic mass is 10.1. The van der Waals surface area contributed by atoms with Crippen LogP contribution >= 0.6 is 0 Å². The molecule has 1 aliphatic heterocycles. The molecule has 1 aliphatic rings. The molecule has 1 heterocycles. The van der Waals surface area contributed by atoms with E-state index in [0.717, 1.165) is 25.0 Å². The monoisotopic (exact) mass is 326 g/mol. The summed E-state index contributed by atoms with van der Waals surface area (Å²) in [5.74, 6) is 0.860. The third-order valence-corrected chi connectivity index (χ3v) is 5.48.